The maximum absolute atomic E-state index is 14.3. The molecule has 2 amide bonds. The average Bonchev–Trinajstić information content (AvgIpc) is 3.62. The Morgan fingerprint density at radius 2 is 1.71 bits per heavy atom. The van der Waals surface area contributed by atoms with Crippen molar-refractivity contribution in [3.8, 4) is 0 Å². The van der Waals surface area contributed by atoms with Gasteiger partial charge in [0.1, 0.15) is 34.8 Å². The number of nitrogens with zero attached hydrogens (tertiary/aromatic N) is 4. The molecule has 5 N–H and O–H groups in total. The second-order valence-corrected chi connectivity index (χ2v) is 15.0. The molecule has 0 spiro atoms. The number of hydrogen-bond acceptors (Lipinski definition) is 12. The first-order chi connectivity index (χ1) is 25.8. The number of amides is 2. The fraction of sp³-hybridized carbons (Fsp3) is 0.211. The molecule has 1 saturated heterocycles. The van der Waals surface area contributed by atoms with E-state index < -0.39 is 35.3 Å². The molecule has 0 bridgehead atoms. The van der Waals surface area contributed by atoms with Crippen LogP contribution in [0.15, 0.2) is 138 Å². The minimum atomic E-state index is -0.953. The minimum Gasteiger partial charge on any atom is -1.00 e. The number of nitrogen functional groups attached to an aromatic ring is 1. The van der Waals surface area contributed by atoms with E-state index in [1.807, 2.05) is 107 Å². The van der Waals surface area contributed by atoms with Crippen molar-refractivity contribution in [3.63, 3.8) is 0 Å². The van der Waals surface area contributed by atoms with Crippen LogP contribution in [0.1, 0.15) is 35.8 Å². The number of halogens is 3. The summed E-state index contributed by atoms with van der Waals surface area (Å²) >= 11 is 4.08. The molecule has 1 fully saturated rings. The van der Waals surface area contributed by atoms with Crippen molar-refractivity contribution >= 4 is 88.5 Å². The quantitative estimate of drug-likeness (QED) is 0.0223. The Labute approximate surface area is 356 Å². The van der Waals surface area contributed by atoms with Crippen LogP contribution in [0.2, 0.25) is 0 Å². The summed E-state index contributed by atoms with van der Waals surface area (Å²) in [5.41, 5.74) is 14.6. The van der Waals surface area contributed by atoms with E-state index in [-0.39, 0.29) is 71.4 Å². The van der Waals surface area contributed by atoms with E-state index in [0.717, 1.165) is 22.5 Å². The Morgan fingerprint density at radius 1 is 1.07 bits per heavy atom. The van der Waals surface area contributed by atoms with Crippen molar-refractivity contribution in [3.05, 3.63) is 150 Å². The van der Waals surface area contributed by atoms with Gasteiger partial charge in [-0.3, -0.25) is 14.5 Å². The van der Waals surface area contributed by atoms with Crippen LogP contribution >= 0.6 is 59.9 Å². The SMILES string of the molecule is C=CCON=C(C(=O)NC1C(=O)N2C(C(=O)OC(c3ccccc3)c3ccccc3)=C(C=CCCC(N)S[n+]3ccccc3)CS[C@@H]12)c1csc(N)n1.Cl.Cl.[Cl-]. The molecule has 2 unspecified atom stereocenters. The van der Waals surface area contributed by atoms with Crippen LogP contribution in [0.25, 0.3) is 0 Å². The van der Waals surface area contributed by atoms with Gasteiger partial charge in [0.2, 0.25) is 0 Å². The lowest BCUT2D eigenvalue weighted by Crippen LogP contribution is -3.00. The van der Waals surface area contributed by atoms with E-state index in [4.69, 9.17) is 21.0 Å². The molecule has 12 nitrogen and oxygen atoms in total. The predicted octanol–water partition coefficient (Wildman–Crippen LogP) is 2.57. The number of oxime groups is 1. The summed E-state index contributed by atoms with van der Waals surface area (Å²) in [5, 5.41) is 7.80. The summed E-state index contributed by atoms with van der Waals surface area (Å²) in [5.74, 6) is -1.41. The molecule has 2 aromatic carbocycles. The van der Waals surface area contributed by atoms with E-state index in [2.05, 4.69) is 22.0 Å². The number of nitrogens with two attached hydrogens (primary N) is 2. The molecule has 56 heavy (non-hydrogen) atoms. The number of esters is 1. The molecule has 18 heteroatoms. The highest BCUT2D eigenvalue weighted by atomic mass is 35.5. The second-order valence-electron chi connectivity index (χ2n) is 11.8. The third kappa shape index (κ3) is 11.4. The van der Waals surface area contributed by atoms with Gasteiger partial charge in [-0.05, 0) is 29.5 Å². The molecule has 3 atom stereocenters. The smallest absolute Gasteiger partial charge is 0.356 e. The Bertz CT molecular complexity index is 1990. The third-order valence-electron chi connectivity index (χ3n) is 8.12. The molecular weight excluding hydrogens is 837 g/mol. The van der Waals surface area contributed by atoms with Gasteiger partial charge < -0.3 is 38.8 Å². The highest BCUT2D eigenvalue weighted by Gasteiger charge is 2.54. The predicted molar refractivity (Wildman–Crippen MR) is 223 cm³/mol. The zero-order valence-electron chi connectivity index (χ0n) is 29.7. The number of hydrogen-bond donors (Lipinski definition) is 3. The number of carbonyl (C=O) groups is 3. The molecule has 2 aliphatic rings. The number of thiazole rings is 1. The number of anilines is 1. The summed E-state index contributed by atoms with van der Waals surface area (Å²) in [6, 6.07) is 23.7. The van der Waals surface area contributed by atoms with Crippen molar-refractivity contribution in [2.75, 3.05) is 18.1 Å². The van der Waals surface area contributed by atoms with Crippen LogP contribution in [-0.4, -0.2) is 62.5 Å². The largest absolute Gasteiger partial charge is 1.00 e. The molecule has 0 aliphatic carbocycles. The number of pyridine rings is 1. The minimum absolute atomic E-state index is 0. The number of ether oxygens (including phenoxy) is 1. The summed E-state index contributed by atoms with van der Waals surface area (Å²) in [6.45, 7) is 3.65. The lowest BCUT2D eigenvalue weighted by molar-refractivity contribution is -0.495. The molecule has 2 aromatic heterocycles. The van der Waals surface area contributed by atoms with Gasteiger partial charge in [0.15, 0.2) is 41.3 Å². The lowest BCUT2D eigenvalue weighted by Gasteiger charge is -2.49. The zero-order valence-corrected chi connectivity index (χ0v) is 34.6. The van der Waals surface area contributed by atoms with E-state index in [1.165, 1.54) is 34.7 Å². The number of allylic oxidation sites excluding steroid dienone is 2. The van der Waals surface area contributed by atoms with Gasteiger partial charge >= 0.3 is 5.97 Å². The van der Waals surface area contributed by atoms with Gasteiger partial charge in [-0.25, -0.2) is 9.78 Å². The average molecular weight is 877 g/mol. The molecule has 0 radical (unpaired) electrons. The van der Waals surface area contributed by atoms with Gasteiger partial charge in [0.25, 0.3) is 11.8 Å². The van der Waals surface area contributed by atoms with Gasteiger partial charge in [-0.15, -0.1) is 51.9 Å². The van der Waals surface area contributed by atoms with Crippen LogP contribution in [-0.2, 0) is 24.0 Å². The Balaban J connectivity index is 0.00000280. The van der Waals surface area contributed by atoms with Crippen molar-refractivity contribution in [1.82, 2.24) is 15.2 Å². The molecule has 2 aliphatic heterocycles. The fourth-order valence-electron chi connectivity index (χ4n) is 5.62. The van der Waals surface area contributed by atoms with Crippen molar-refractivity contribution in [2.24, 2.45) is 10.9 Å². The number of nitrogens with one attached hydrogen (secondary N) is 1. The number of benzene rings is 2. The van der Waals surface area contributed by atoms with Gasteiger partial charge in [0, 0.05) is 23.3 Å². The molecule has 4 heterocycles. The first-order valence-corrected chi connectivity index (χ1v) is 19.5. The molecule has 0 saturated carbocycles. The van der Waals surface area contributed by atoms with Crippen LogP contribution < -0.4 is 33.2 Å². The Kier molecular flexibility index (Phi) is 18.4. The van der Waals surface area contributed by atoms with Crippen LogP contribution in [0, 0.1) is 0 Å². The van der Waals surface area contributed by atoms with Crippen LogP contribution in [0.4, 0.5) is 5.13 Å². The highest BCUT2D eigenvalue weighted by molar-refractivity contribution is 8.00. The second kappa shape index (κ2) is 22.4. The van der Waals surface area contributed by atoms with Crippen molar-refractivity contribution in [1.29, 1.82) is 0 Å². The molecule has 6 rings (SSSR count). The maximum Gasteiger partial charge on any atom is 0.356 e. The standard InChI is InChI=1S/C38H37N7O5S3.3ClH/c1-2-22-49-43-30(28-24-52-38(40)41-28)34(46)42-31-35(47)45-32(37(48)50-33(25-14-6-3-7-15-25)26-16-8-4-9-17-26)27(23-51-36(31)45)18-10-11-19-29(39)53-44-20-12-5-13-21-44;;;/h2-10,12-18,20-21,24,29,31,33,36H,1,11,19,22-23,39H2,(H2-,40,41,42,46);3*1H/t29?,31?,36-;;;/m0.../s1. The maximum atomic E-state index is 14.3. The normalized spacial score (nSPS) is 16.7. The van der Waals surface area contributed by atoms with Crippen molar-refractivity contribution in [2.45, 2.75) is 35.7 Å². The summed E-state index contributed by atoms with van der Waals surface area (Å²) < 4.78 is 8.22. The number of β-lactam (4-membered cyclic amide) rings is 1. The lowest BCUT2D eigenvalue weighted by atomic mass is 10.00. The van der Waals surface area contributed by atoms with E-state index in [0.29, 0.717) is 24.2 Å². The number of thioether (sulfide) groups is 1. The van der Waals surface area contributed by atoms with Gasteiger partial charge in [-0.2, -0.15) is 0 Å². The third-order valence-corrected chi connectivity index (χ3v) is 11.1. The topological polar surface area (TPSA) is 166 Å². The summed E-state index contributed by atoms with van der Waals surface area (Å²) in [4.78, 5) is 52.6. The van der Waals surface area contributed by atoms with Gasteiger partial charge in [-0.1, -0.05) is 96.7 Å². The summed E-state index contributed by atoms with van der Waals surface area (Å²) in [6.07, 6.45) is 9.77. The number of fused-ring (bicyclic) bond motifs is 1. The zero-order chi connectivity index (χ0) is 37.2. The van der Waals surface area contributed by atoms with E-state index >= 15 is 0 Å². The van der Waals surface area contributed by atoms with E-state index in [1.54, 1.807) is 5.38 Å². The molecular formula is C38H40Cl3N7O5S3. The fourth-order valence-corrected chi connectivity index (χ4v) is 8.32. The molecule has 4 aromatic rings. The van der Waals surface area contributed by atoms with Crippen molar-refractivity contribution < 1.29 is 40.3 Å². The van der Waals surface area contributed by atoms with Gasteiger partial charge in [0.05, 0.1) is 0 Å². The Hall–Kier alpha value is -4.35. The van der Waals surface area contributed by atoms with Crippen LogP contribution in [0.5, 0.6) is 0 Å². The van der Waals surface area contributed by atoms with E-state index in [9.17, 15) is 14.4 Å². The first-order valence-electron chi connectivity index (χ1n) is 16.7. The number of carbonyl (C=O) groups excluding carboxylic acids is 3. The number of aromatic nitrogens is 2. The molecule has 296 valence electrons. The Morgan fingerprint density at radius 3 is 2.32 bits per heavy atom. The monoisotopic (exact) mass is 875 g/mol. The van der Waals surface area contributed by atoms with Crippen LogP contribution in [0.3, 0.4) is 0 Å². The highest BCUT2D eigenvalue weighted by Crippen LogP contribution is 2.42. The summed E-state index contributed by atoms with van der Waals surface area (Å²) in [7, 11) is 0. The number of rotatable bonds is 16. The first kappa shape index (κ1) is 46.0.